The van der Waals surface area contributed by atoms with E-state index in [4.69, 9.17) is 15.2 Å². The fourth-order valence-electron chi connectivity index (χ4n) is 4.07. The molecule has 41 heavy (non-hydrogen) atoms. The summed E-state index contributed by atoms with van der Waals surface area (Å²) < 4.78 is 10.6. The molecule has 0 aliphatic heterocycles. The number of benzene rings is 2. The van der Waals surface area contributed by atoms with Crippen molar-refractivity contribution < 1.29 is 33.8 Å². The maximum absolute atomic E-state index is 14.3. The summed E-state index contributed by atoms with van der Waals surface area (Å²) in [6, 6.07) is 10.3. The van der Waals surface area contributed by atoms with E-state index in [1.807, 2.05) is 6.92 Å². The molecule has 0 radical (unpaired) electrons. The molecule has 0 saturated heterocycles. The number of methoxy groups -OCH3 is 1. The second kappa shape index (κ2) is 13.9. The maximum Gasteiger partial charge on any atom is 0.408 e. The number of nitrogens with zero attached hydrogens (tertiary/aromatic N) is 1. The molecule has 0 bridgehead atoms. The molecule has 0 aromatic heterocycles. The standard InChI is InChI=1S/C30H42N4O7/c1-8-30(5,6)34(27(38)23(17-18-24(31)36)33-28(39)41-29(2,3)4)25(19-9-13-21(35)14-10-19)26(37)32-20-11-15-22(40-7)16-12-20/h9-16,23,25,35H,8,17-18H2,1-7H3,(H2,31,36)(H,32,37)(H,33,39). The Morgan fingerprint density at radius 1 is 0.976 bits per heavy atom. The summed E-state index contributed by atoms with van der Waals surface area (Å²) in [6.07, 6.45) is -0.697. The predicted molar refractivity (Wildman–Crippen MR) is 155 cm³/mol. The quantitative estimate of drug-likeness (QED) is 0.297. The van der Waals surface area contributed by atoms with E-state index < -0.39 is 47.0 Å². The Labute approximate surface area is 241 Å². The monoisotopic (exact) mass is 570 g/mol. The first-order chi connectivity index (χ1) is 19.1. The number of nitrogens with two attached hydrogens (primary N) is 1. The van der Waals surface area contributed by atoms with Gasteiger partial charge in [0, 0.05) is 17.6 Å². The summed E-state index contributed by atoms with van der Waals surface area (Å²) in [6.45, 7) is 10.5. The van der Waals surface area contributed by atoms with Crippen LogP contribution in [0.25, 0.3) is 0 Å². The molecule has 0 fully saturated rings. The largest absolute Gasteiger partial charge is 0.508 e. The van der Waals surface area contributed by atoms with Crippen molar-refractivity contribution >= 4 is 29.5 Å². The van der Waals surface area contributed by atoms with Crippen LogP contribution in [0.15, 0.2) is 48.5 Å². The average molecular weight is 571 g/mol. The first kappa shape index (κ1) is 32.9. The lowest BCUT2D eigenvalue weighted by atomic mass is 9.91. The lowest BCUT2D eigenvalue weighted by Crippen LogP contribution is -2.59. The number of rotatable bonds is 12. The lowest BCUT2D eigenvalue weighted by Gasteiger charge is -2.44. The van der Waals surface area contributed by atoms with Crippen LogP contribution in [-0.2, 0) is 19.1 Å². The molecule has 0 spiro atoms. The van der Waals surface area contributed by atoms with Crippen molar-refractivity contribution in [2.24, 2.45) is 5.73 Å². The van der Waals surface area contributed by atoms with E-state index in [1.54, 1.807) is 71.0 Å². The molecule has 2 unspecified atom stereocenters. The molecular weight excluding hydrogens is 528 g/mol. The molecule has 0 aliphatic rings. The van der Waals surface area contributed by atoms with Gasteiger partial charge in [0.25, 0.3) is 5.91 Å². The third kappa shape index (κ3) is 9.70. The Balaban J connectivity index is 2.61. The summed E-state index contributed by atoms with van der Waals surface area (Å²) in [5, 5.41) is 15.4. The zero-order chi connectivity index (χ0) is 31.0. The highest BCUT2D eigenvalue weighted by atomic mass is 16.6. The van der Waals surface area contributed by atoms with Gasteiger partial charge in [0.15, 0.2) is 0 Å². The first-order valence-electron chi connectivity index (χ1n) is 13.4. The van der Waals surface area contributed by atoms with Gasteiger partial charge < -0.3 is 35.8 Å². The molecule has 0 saturated carbocycles. The Bertz CT molecular complexity index is 1200. The number of phenolic OH excluding ortho intramolecular Hbond substituents is 1. The van der Waals surface area contributed by atoms with Gasteiger partial charge in [-0.15, -0.1) is 0 Å². The second-order valence-electron chi connectivity index (χ2n) is 11.3. The number of carbonyl (C=O) groups excluding carboxylic acids is 4. The number of hydrogen-bond acceptors (Lipinski definition) is 7. The van der Waals surface area contributed by atoms with Crippen molar-refractivity contribution in [2.75, 3.05) is 12.4 Å². The summed E-state index contributed by atoms with van der Waals surface area (Å²) >= 11 is 0. The van der Waals surface area contributed by atoms with Gasteiger partial charge in [0.1, 0.15) is 29.2 Å². The lowest BCUT2D eigenvalue weighted by molar-refractivity contribution is -0.148. The van der Waals surface area contributed by atoms with Crippen molar-refractivity contribution in [3.63, 3.8) is 0 Å². The number of phenols is 1. The van der Waals surface area contributed by atoms with Crippen molar-refractivity contribution in [1.82, 2.24) is 10.2 Å². The molecule has 2 aromatic carbocycles. The highest BCUT2D eigenvalue weighted by Gasteiger charge is 2.43. The van der Waals surface area contributed by atoms with Crippen LogP contribution in [-0.4, -0.2) is 58.1 Å². The van der Waals surface area contributed by atoms with Crippen LogP contribution in [0.3, 0.4) is 0 Å². The van der Waals surface area contributed by atoms with Gasteiger partial charge >= 0.3 is 6.09 Å². The normalized spacial score (nSPS) is 13.0. The maximum atomic E-state index is 14.3. The van der Waals surface area contributed by atoms with E-state index in [2.05, 4.69) is 10.6 Å². The Hall–Kier alpha value is -4.28. The van der Waals surface area contributed by atoms with Crippen LogP contribution in [0, 0.1) is 0 Å². The van der Waals surface area contributed by atoms with Crippen molar-refractivity contribution in [3.05, 3.63) is 54.1 Å². The second-order valence-corrected chi connectivity index (χ2v) is 11.3. The van der Waals surface area contributed by atoms with Gasteiger partial charge in [-0.25, -0.2) is 4.79 Å². The van der Waals surface area contributed by atoms with E-state index >= 15 is 0 Å². The van der Waals surface area contributed by atoms with Gasteiger partial charge in [0.05, 0.1) is 7.11 Å². The van der Waals surface area contributed by atoms with Crippen LogP contribution >= 0.6 is 0 Å². The smallest absolute Gasteiger partial charge is 0.408 e. The van der Waals surface area contributed by atoms with Gasteiger partial charge in [-0.2, -0.15) is 0 Å². The summed E-state index contributed by atoms with van der Waals surface area (Å²) in [5.74, 6) is -1.19. The molecule has 0 heterocycles. The highest BCUT2D eigenvalue weighted by Crippen LogP contribution is 2.34. The van der Waals surface area contributed by atoms with Gasteiger partial charge in [-0.1, -0.05) is 19.1 Å². The number of nitrogens with one attached hydrogen (secondary N) is 2. The number of alkyl carbamates (subject to hydrolysis) is 1. The minimum atomic E-state index is -1.23. The van der Waals surface area contributed by atoms with E-state index in [9.17, 15) is 24.3 Å². The number of hydrogen-bond donors (Lipinski definition) is 4. The molecule has 11 heteroatoms. The molecule has 4 amide bonds. The van der Waals surface area contributed by atoms with Gasteiger partial charge in [-0.05, 0) is 89.4 Å². The molecule has 5 N–H and O–H groups in total. The van der Waals surface area contributed by atoms with Crippen LogP contribution in [0.2, 0.25) is 0 Å². The first-order valence-corrected chi connectivity index (χ1v) is 13.4. The number of aromatic hydroxyl groups is 1. The molecule has 2 rings (SSSR count). The number of ether oxygens (including phenoxy) is 2. The SMILES string of the molecule is CCC(C)(C)N(C(=O)C(CCC(N)=O)NC(=O)OC(C)(C)C)C(C(=O)Nc1ccc(OC)cc1)c1ccc(O)cc1. The molecule has 11 nitrogen and oxygen atoms in total. The number of anilines is 1. The van der Waals surface area contributed by atoms with Crippen molar-refractivity contribution in [3.8, 4) is 11.5 Å². The van der Waals surface area contributed by atoms with Crippen LogP contribution in [0.1, 0.15) is 72.4 Å². The minimum Gasteiger partial charge on any atom is -0.508 e. The van der Waals surface area contributed by atoms with E-state index in [0.717, 1.165) is 0 Å². The molecule has 224 valence electrons. The highest BCUT2D eigenvalue weighted by molar-refractivity contribution is 5.99. The Kier molecular flexibility index (Phi) is 11.1. The fourth-order valence-corrected chi connectivity index (χ4v) is 4.07. The zero-order valence-electron chi connectivity index (χ0n) is 24.8. The number of carbonyl (C=O) groups is 4. The molecular formula is C30H42N4O7. The minimum absolute atomic E-state index is 0.0124. The molecule has 2 atom stereocenters. The Morgan fingerprint density at radius 3 is 2.05 bits per heavy atom. The van der Waals surface area contributed by atoms with E-state index in [0.29, 0.717) is 23.4 Å². The number of amides is 4. The number of primary amides is 1. The van der Waals surface area contributed by atoms with E-state index in [1.165, 1.54) is 24.1 Å². The third-order valence-electron chi connectivity index (χ3n) is 6.50. The Morgan fingerprint density at radius 2 is 1.56 bits per heavy atom. The zero-order valence-corrected chi connectivity index (χ0v) is 24.8. The van der Waals surface area contributed by atoms with Crippen LogP contribution in [0.5, 0.6) is 11.5 Å². The van der Waals surface area contributed by atoms with E-state index in [-0.39, 0.29) is 18.6 Å². The predicted octanol–water partition coefficient (Wildman–Crippen LogP) is 4.26. The summed E-state index contributed by atoms with van der Waals surface area (Å²) in [4.78, 5) is 54.1. The van der Waals surface area contributed by atoms with Crippen LogP contribution in [0.4, 0.5) is 10.5 Å². The molecule has 2 aromatic rings. The van der Waals surface area contributed by atoms with Crippen molar-refractivity contribution in [2.45, 2.75) is 84.0 Å². The van der Waals surface area contributed by atoms with Gasteiger partial charge in [-0.3, -0.25) is 14.4 Å². The molecule has 0 aliphatic carbocycles. The fraction of sp³-hybridized carbons (Fsp3) is 0.467. The third-order valence-corrected chi connectivity index (χ3v) is 6.50. The topological polar surface area (TPSA) is 160 Å². The van der Waals surface area contributed by atoms with Crippen molar-refractivity contribution in [1.29, 1.82) is 0 Å². The average Bonchev–Trinajstić information content (AvgIpc) is 2.89. The summed E-state index contributed by atoms with van der Waals surface area (Å²) in [7, 11) is 1.53. The summed E-state index contributed by atoms with van der Waals surface area (Å²) in [5.41, 5.74) is 4.53. The van der Waals surface area contributed by atoms with Crippen LogP contribution < -0.4 is 21.1 Å². The van der Waals surface area contributed by atoms with Gasteiger partial charge in [0.2, 0.25) is 11.8 Å².